The molecule has 0 fully saturated rings. The van der Waals surface area contributed by atoms with E-state index in [2.05, 4.69) is 11.4 Å². The number of rotatable bonds is 4. The summed E-state index contributed by atoms with van der Waals surface area (Å²) in [5.41, 5.74) is 0.998. The van der Waals surface area contributed by atoms with Crippen molar-refractivity contribution in [3.63, 3.8) is 0 Å². The molecular weight excluding hydrogens is 224 g/mol. The third kappa shape index (κ3) is 3.41. The molecule has 0 saturated carbocycles. The van der Waals surface area contributed by atoms with Gasteiger partial charge < -0.3 is 10.4 Å². The maximum atomic E-state index is 8.97. The minimum Gasteiger partial charge on any atom is -0.396 e. The van der Waals surface area contributed by atoms with E-state index in [1.807, 2.05) is 13.8 Å². The fraction of sp³-hybridized carbons (Fsp3) is 0.417. The predicted octanol–water partition coefficient (Wildman–Crippen LogP) is 2.78. The minimum atomic E-state index is -0.256. The summed E-state index contributed by atoms with van der Waals surface area (Å²) in [4.78, 5) is 0. The van der Waals surface area contributed by atoms with Gasteiger partial charge in [0, 0.05) is 17.2 Å². The molecule has 1 rings (SSSR count). The van der Waals surface area contributed by atoms with Crippen LogP contribution in [-0.2, 0) is 0 Å². The van der Waals surface area contributed by atoms with Crippen molar-refractivity contribution in [1.82, 2.24) is 0 Å². The molecule has 86 valence electrons. The van der Waals surface area contributed by atoms with E-state index in [-0.39, 0.29) is 12.1 Å². The lowest BCUT2D eigenvalue weighted by Gasteiger charge is -2.27. The second-order valence-electron chi connectivity index (χ2n) is 4.28. The molecule has 0 bridgehead atoms. The Morgan fingerprint density at radius 3 is 2.75 bits per heavy atom. The van der Waals surface area contributed by atoms with Crippen molar-refractivity contribution in [3.8, 4) is 6.07 Å². The van der Waals surface area contributed by atoms with Crippen LogP contribution in [-0.4, -0.2) is 17.3 Å². The lowest BCUT2D eigenvalue weighted by atomic mass is 10.00. The third-order valence-corrected chi connectivity index (χ3v) is 2.55. The van der Waals surface area contributed by atoms with Gasteiger partial charge in [0.15, 0.2) is 0 Å². The SMILES string of the molecule is CC(C)(CCO)Nc1ccc(Cl)cc1C#N. The number of anilines is 1. The Hall–Kier alpha value is -1.24. The second kappa shape index (κ2) is 5.20. The lowest BCUT2D eigenvalue weighted by Crippen LogP contribution is -2.32. The largest absolute Gasteiger partial charge is 0.396 e. The van der Waals surface area contributed by atoms with E-state index in [9.17, 15) is 0 Å². The first-order valence-electron chi connectivity index (χ1n) is 5.07. The molecule has 0 aliphatic carbocycles. The molecule has 0 atom stereocenters. The molecule has 0 heterocycles. The third-order valence-electron chi connectivity index (χ3n) is 2.31. The van der Waals surface area contributed by atoms with E-state index in [1.54, 1.807) is 18.2 Å². The molecule has 16 heavy (non-hydrogen) atoms. The van der Waals surface area contributed by atoms with Crippen LogP contribution in [0.4, 0.5) is 5.69 Å². The number of nitriles is 1. The minimum absolute atomic E-state index is 0.107. The smallest absolute Gasteiger partial charge is 0.101 e. The Bertz CT molecular complexity index is 410. The van der Waals surface area contributed by atoms with E-state index in [1.165, 1.54) is 0 Å². The van der Waals surface area contributed by atoms with Crippen LogP contribution in [0.25, 0.3) is 0 Å². The van der Waals surface area contributed by atoms with Crippen LogP contribution >= 0.6 is 11.6 Å². The zero-order valence-corrected chi connectivity index (χ0v) is 10.2. The quantitative estimate of drug-likeness (QED) is 0.848. The summed E-state index contributed by atoms with van der Waals surface area (Å²) in [6.07, 6.45) is 0.612. The van der Waals surface area contributed by atoms with E-state index >= 15 is 0 Å². The molecule has 0 aromatic heterocycles. The first-order chi connectivity index (χ1) is 7.48. The van der Waals surface area contributed by atoms with Crippen molar-refractivity contribution < 1.29 is 5.11 Å². The Morgan fingerprint density at radius 1 is 1.50 bits per heavy atom. The molecule has 0 spiro atoms. The summed E-state index contributed by atoms with van der Waals surface area (Å²) in [7, 11) is 0. The Balaban J connectivity index is 2.93. The second-order valence-corrected chi connectivity index (χ2v) is 4.72. The number of benzene rings is 1. The van der Waals surface area contributed by atoms with Gasteiger partial charge in [0.25, 0.3) is 0 Å². The van der Waals surface area contributed by atoms with Gasteiger partial charge in [-0.25, -0.2) is 0 Å². The molecule has 0 saturated heterocycles. The summed E-state index contributed by atoms with van der Waals surface area (Å²) in [6, 6.07) is 7.23. The average molecular weight is 239 g/mol. The Labute approximate surface area is 101 Å². The molecular formula is C12H15ClN2O. The number of hydrogen-bond donors (Lipinski definition) is 2. The normalized spacial score (nSPS) is 10.9. The molecule has 0 amide bonds. The van der Waals surface area contributed by atoms with E-state index in [0.717, 1.165) is 5.69 Å². The summed E-state index contributed by atoms with van der Waals surface area (Å²) in [5, 5.41) is 21.7. The topological polar surface area (TPSA) is 56.0 Å². The van der Waals surface area contributed by atoms with Gasteiger partial charge in [-0.1, -0.05) is 11.6 Å². The zero-order chi connectivity index (χ0) is 12.2. The van der Waals surface area contributed by atoms with Crippen molar-refractivity contribution in [1.29, 1.82) is 5.26 Å². The predicted molar refractivity (Wildman–Crippen MR) is 65.6 cm³/mol. The van der Waals surface area contributed by atoms with Crippen molar-refractivity contribution in [2.75, 3.05) is 11.9 Å². The zero-order valence-electron chi connectivity index (χ0n) is 9.42. The van der Waals surface area contributed by atoms with Crippen LogP contribution in [0.1, 0.15) is 25.8 Å². The van der Waals surface area contributed by atoms with Gasteiger partial charge in [-0.05, 0) is 38.5 Å². The molecule has 0 aliphatic heterocycles. The number of halogens is 1. The van der Waals surface area contributed by atoms with Crippen LogP contribution in [0.5, 0.6) is 0 Å². The van der Waals surface area contributed by atoms with Gasteiger partial charge in [0.2, 0.25) is 0 Å². The fourth-order valence-corrected chi connectivity index (χ4v) is 1.60. The van der Waals surface area contributed by atoms with E-state index < -0.39 is 0 Å². The van der Waals surface area contributed by atoms with Gasteiger partial charge in [-0.3, -0.25) is 0 Å². The van der Waals surface area contributed by atoms with Crippen molar-refractivity contribution in [2.45, 2.75) is 25.8 Å². The molecule has 3 nitrogen and oxygen atoms in total. The molecule has 0 unspecified atom stereocenters. The standard InChI is InChI=1S/C12H15ClN2O/c1-12(2,5-6-16)15-11-4-3-10(13)7-9(11)8-14/h3-4,7,15-16H,5-6H2,1-2H3. The Morgan fingerprint density at radius 2 is 2.19 bits per heavy atom. The highest BCUT2D eigenvalue weighted by Crippen LogP contribution is 2.24. The summed E-state index contributed by atoms with van der Waals surface area (Å²) < 4.78 is 0. The van der Waals surface area contributed by atoms with Crippen molar-refractivity contribution in [3.05, 3.63) is 28.8 Å². The monoisotopic (exact) mass is 238 g/mol. The van der Waals surface area contributed by atoms with Crippen LogP contribution in [0.3, 0.4) is 0 Å². The molecule has 1 aromatic rings. The molecule has 0 aliphatic rings. The first kappa shape index (κ1) is 12.8. The van der Waals surface area contributed by atoms with Crippen LogP contribution < -0.4 is 5.32 Å². The maximum Gasteiger partial charge on any atom is 0.101 e. The van der Waals surface area contributed by atoms with Crippen LogP contribution in [0.15, 0.2) is 18.2 Å². The van der Waals surface area contributed by atoms with E-state index in [4.69, 9.17) is 22.0 Å². The highest BCUT2D eigenvalue weighted by molar-refractivity contribution is 6.30. The number of aliphatic hydroxyl groups is 1. The number of aliphatic hydroxyl groups excluding tert-OH is 1. The van der Waals surface area contributed by atoms with Gasteiger partial charge in [0.05, 0.1) is 11.3 Å². The molecule has 2 N–H and O–H groups in total. The summed E-state index contributed by atoms with van der Waals surface area (Å²) in [6.45, 7) is 4.05. The first-order valence-corrected chi connectivity index (χ1v) is 5.45. The average Bonchev–Trinajstić information content (AvgIpc) is 2.20. The number of nitrogens with zero attached hydrogens (tertiary/aromatic N) is 1. The summed E-state index contributed by atoms with van der Waals surface area (Å²) in [5.74, 6) is 0. The van der Waals surface area contributed by atoms with Gasteiger partial charge in [-0.2, -0.15) is 5.26 Å². The molecule has 0 radical (unpaired) electrons. The number of hydrogen-bond acceptors (Lipinski definition) is 3. The highest BCUT2D eigenvalue weighted by atomic mass is 35.5. The number of nitrogens with one attached hydrogen (secondary N) is 1. The van der Waals surface area contributed by atoms with E-state index in [0.29, 0.717) is 17.0 Å². The van der Waals surface area contributed by atoms with Crippen molar-refractivity contribution >= 4 is 17.3 Å². The molecule has 4 heteroatoms. The Kier molecular flexibility index (Phi) is 4.17. The van der Waals surface area contributed by atoms with Gasteiger partial charge in [0.1, 0.15) is 6.07 Å². The lowest BCUT2D eigenvalue weighted by molar-refractivity contribution is 0.261. The summed E-state index contributed by atoms with van der Waals surface area (Å²) >= 11 is 5.81. The molecule has 1 aromatic carbocycles. The van der Waals surface area contributed by atoms with Crippen LogP contribution in [0, 0.1) is 11.3 Å². The van der Waals surface area contributed by atoms with Crippen LogP contribution in [0.2, 0.25) is 5.02 Å². The van der Waals surface area contributed by atoms with Crippen molar-refractivity contribution in [2.24, 2.45) is 0 Å². The fourth-order valence-electron chi connectivity index (χ4n) is 1.42. The highest BCUT2D eigenvalue weighted by Gasteiger charge is 2.18. The van der Waals surface area contributed by atoms with Gasteiger partial charge in [-0.15, -0.1) is 0 Å². The van der Waals surface area contributed by atoms with Gasteiger partial charge >= 0.3 is 0 Å². The maximum absolute atomic E-state index is 8.97.